The molecule has 0 saturated heterocycles. The highest BCUT2D eigenvalue weighted by molar-refractivity contribution is 7.99. The molecule has 3 aromatic rings. The number of nitrogens with zero attached hydrogens (tertiary/aromatic N) is 1. The summed E-state index contributed by atoms with van der Waals surface area (Å²) in [6, 6.07) is 19.2. The van der Waals surface area contributed by atoms with Gasteiger partial charge in [-0.1, -0.05) is 17.7 Å². The van der Waals surface area contributed by atoms with Crippen LogP contribution >= 0.6 is 11.8 Å². The van der Waals surface area contributed by atoms with Gasteiger partial charge in [-0.2, -0.15) is 0 Å². The second-order valence-corrected chi connectivity index (χ2v) is 11.4. The Bertz CT molecular complexity index is 1300. The van der Waals surface area contributed by atoms with Crippen LogP contribution < -0.4 is 23.8 Å². The number of benzene rings is 3. The molecule has 0 aliphatic rings. The molecule has 0 atom stereocenters. The molecular weight excluding hydrogens is 524 g/mol. The first kappa shape index (κ1) is 29.2. The molecule has 0 aliphatic carbocycles. The van der Waals surface area contributed by atoms with Gasteiger partial charge in [0, 0.05) is 17.5 Å². The number of hydrogen-bond acceptors (Lipinski definition) is 7. The lowest BCUT2D eigenvalue weighted by Crippen LogP contribution is -2.41. The molecule has 0 heterocycles. The van der Waals surface area contributed by atoms with Crippen molar-refractivity contribution < 1.29 is 27.4 Å². The Morgan fingerprint density at radius 2 is 1.63 bits per heavy atom. The van der Waals surface area contributed by atoms with Crippen molar-refractivity contribution >= 4 is 33.4 Å². The number of sulfonamides is 1. The number of carbonyl (C=O) groups excluding carboxylic acids is 1. The molecular formula is C28H34N2O6S2. The van der Waals surface area contributed by atoms with E-state index in [2.05, 4.69) is 29.6 Å². The maximum Gasteiger partial charge on any atom is 0.264 e. The van der Waals surface area contributed by atoms with Gasteiger partial charge in [0.05, 0.1) is 31.4 Å². The van der Waals surface area contributed by atoms with E-state index in [1.165, 1.54) is 42.9 Å². The zero-order chi connectivity index (χ0) is 27.5. The minimum Gasteiger partial charge on any atom is -0.494 e. The maximum absolute atomic E-state index is 13.7. The number of nitrogens with one attached hydrogen (secondary N) is 1. The maximum atomic E-state index is 13.7. The third kappa shape index (κ3) is 7.82. The smallest absolute Gasteiger partial charge is 0.264 e. The molecule has 0 radical (unpaired) electrons. The highest BCUT2D eigenvalue weighted by atomic mass is 32.2. The topological polar surface area (TPSA) is 94.2 Å². The summed E-state index contributed by atoms with van der Waals surface area (Å²) >= 11 is 1.71. The van der Waals surface area contributed by atoms with Crippen LogP contribution in [0.15, 0.2) is 76.5 Å². The summed E-state index contributed by atoms with van der Waals surface area (Å²) in [5.41, 5.74) is 1.55. The SMILES string of the molecule is CCOc1ccc(N(CC(=O)NCCCSc2ccc(C)cc2)S(=O)(=O)c2ccc(OC)c(OC)c2)cc1. The predicted octanol–water partition coefficient (Wildman–Crippen LogP) is 4.90. The van der Waals surface area contributed by atoms with Crippen LogP contribution in [0.1, 0.15) is 18.9 Å². The average Bonchev–Trinajstić information content (AvgIpc) is 2.92. The van der Waals surface area contributed by atoms with E-state index in [4.69, 9.17) is 14.2 Å². The minimum absolute atomic E-state index is 0.0219. The highest BCUT2D eigenvalue weighted by Crippen LogP contribution is 2.32. The molecule has 0 bridgehead atoms. The summed E-state index contributed by atoms with van der Waals surface area (Å²) in [5, 5.41) is 2.85. The van der Waals surface area contributed by atoms with Gasteiger partial charge in [-0.15, -0.1) is 11.8 Å². The van der Waals surface area contributed by atoms with Gasteiger partial charge in [-0.25, -0.2) is 8.42 Å². The number of carbonyl (C=O) groups is 1. The van der Waals surface area contributed by atoms with Crippen LogP contribution in [-0.4, -0.2) is 54.0 Å². The molecule has 0 spiro atoms. The fourth-order valence-electron chi connectivity index (χ4n) is 3.61. The lowest BCUT2D eigenvalue weighted by atomic mass is 10.2. The third-order valence-corrected chi connectivity index (χ3v) is 8.47. The van der Waals surface area contributed by atoms with Gasteiger partial charge >= 0.3 is 0 Å². The lowest BCUT2D eigenvalue weighted by Gasteiger charge is -2.24. The lowest BCUT2D eigenvalue weighted by molar-refractivity contribution is -0.119. The van der Waals surface area contributed by atoms with Crippen LogP contribution in [0.25, 0.3) is 0 Å². The van der Waals surface area contributed by atoms with E-state index in [0.717, 1.165) is 16.5 Å². The quantitative estimate of drug-likeness (QED) is 0.222. The second kappa shape index (κ2) is 14.0. The van der Waals surface area contributed by atoms with E-state index in [0.29, 0.717) is 30.3 Å². The Morgan fingerprint density at radius 3 is 2.26 bits per heavy atom. The van der Waals surface area contributed by atoms with Crippen LogP contribution in [-0.2, 0) is 14.8 Å². The average molecular weight is 559 g/mol. The van der Waals surface area contributed by atoms with Gasteiger partial charge < -0.3 is 19.5 Å². The molecule has 10 heteroatoms. The molecule has 0 saturated carbocycles. The van der Waals surface area contributed by atoms with Gasteiger partial charge in [-0.3, -0.25) is 9.10 Å². The zero-order valence-electron chi connectivity index (χ0n) is 22.1. The third-order valence-electron chi connectivity index (χ3n) is 5.60. The Hall–Kier alpha value is -3.37. The number of hydrogen-bond donors (Lipinski definition) is 1. The summed E-state index contributed by atoms with van der Waals surface area (Å²) in [6.07, 6.45) is 0.746. The van der Waals surface area contributed by atoms with Crippen molar-refractivity contribution in [1.82, 2.24) is 5.32 Å². The van der Waals surface area contributed by atoms with Gasteiger partial charge in [0.2, 0.25) is 5.91 Å². The number of aryl methyl sites for hydroxylation is 1. The first-order chi connectivity index (χ1) is 18.3. The van der Waals surface area contributed by atoms with E-state index in [9.17, 15) is 13.2 Å². The van der Waals surface area contributed by atoms with Crippen molar-refractivity contribution in [3.05, 3.63) is 72.3 Å². The molecule has 0 aliphatic heterocycles. The molecule has 8 nitrogen and oxygen atoms in total. The number of anilines is 1. The van der Waals surface area contributed by atoms with Gasteiger partial charge in [0.25, 0.3) is 10.0 Å². The van der Waals surface area contributed by atoms with Crippen molar-refractivity contribution in [3.8, 4) is 17.2 Å². The summed E-state index contributed by atoms with van der Waals surface area (Å²) in [4.78, 5) is 14.0. The van der Waals surface area contributed by atoms with E-state index in [1.54, 1.807) is 36.0 Å². The van der Waals surface area contributed by atoms with Crippen molar-refractivity contribution in [2.24, 2.45) is 0 Å². The van der Waals surface area contributed by atoms with E-state index >= 15 is 0 Å². The molecule has 0 unspecified atom stereocenters. The van der Waals surface area contributed by atoms with Crippen LogP contribution in [0.5, 0.6) is 17.2 Å². The van der Waals surface area contributed by atoms with Gasteiger partial charge in [0.15, 0.2) is 11.5 Å². The molecule has 38 heavy (non-hydrogen) atoms. The monoisotopic (exact) mass is 558 g/mol. The largest absolute Gasteiger partial charge is 0.494 e. The molecule has 0 aromatic heterocycles. The van der Waals surface area contributed by atoms with Crippen molar-refractivity contribution in [2.75, 3.05) is 44.0 Å². The molecule has 1 N–H and O–H groups in total. The summed E-state index contributed by atoms with van der Waals surface area (Å²) in [5.74, 6) is 1.71. The Labute approximate surface area is 229 Å². The van der Waals surface area contributed by atoms with E-state index in [-0.39, 0.29) is 17.2 Å². The molecule has 1 amide bonds. The molecule has 0 fully saturated rings. The second-order valence-electron chi connectivity index (χ2n) is 8.32. The summed E-state index contributed by atoms with van der Waals surface area (Å²) in [7, 11) is -1.21. The van der Waals surface area contributed by atoms with Crippen molar-refractivity contribution in [1.29, 1.82) is 0 Å². The number of rotatable bonds is 14. The van der Waals surface area contributed by atoms with Gasteiger partial charge in [0.1, 0.15) is 12.3 Å². The van der Waals surface area contributed by atoms with Gasteiger partial charge in [-0.05, 0) is 74.6 Å². The van der Waals surface area contributed by atoms with Crippen molar-refractivity contribution in [3.63, 3.8) is 0 Å². The van der Waals surface area contributed by atoms with Crippen LogP contribution in [0.4, 0.5) is 5.69 Å². The number of methoxy groups -OCH3 is 2. The van der Waals surface area contributed by atoms with Crippen LogP contribution in [0.3, 0.4) is 0 Å². The summed E-state index contributed by atoms with van der Waals surface area (Å²) < 4.78 is 44.5. The first-order valence-corrected chi connectivity index (χ1v) is 14.6. The Morgan fingerprint density at radius 1 is 0.947 bits per heavy atom. The molecule has 3 rings (SSSR count). The molecule has 3 aromatic carbocycles. The summed E-state index contributed by atoms with van der Waals surface area (Å²) in [6.45, 7) is 4.45. The Balaban J connectivity index is 1.73. The fraction of sp³-hybridized carbons (Fsp3) is 0.321. The normalized spacial score (nSPS) is 11.1. The standard InChI is InChI=1S/C28H34N2O6S2/c1-5-36-23-11-9-22(10-12-23)30(38(32,33)25-15-16-26(34-3)27(19-25)35-4)20-28(31)29-17-6-18-37-24-13-7-21(2)8-14-24/h7-16,19H,5-6,17-18,20H2,1-4H3,(H,29,31). The number of thioether (sulfide) groups is 1. The zero-order valence-corrected chi connectivity index (χ0v) is 23.7. The number of ether oxygens (including phenoxy) is 3. The first-order valence-electron chi connectivity index (χ1n) is 12.2. The van der Waals surface area contributed by atoms with Crippen LogP contribution in [0, 0.1) is 6.92 Å². The Kier molecular flexibility index (Phi) is 10.7. The molecule has 204 valence electrons. The van der Waals surface area contributed by atoms with Crippen molar-refractivity contribution in [2.45, 2.75) is 30.1 Å². The highest BCUT2D eigenvalue weighted by Gasteiger charge is 2.28. The number of amides is 1. The minimum atomic E-state index is -4.11. The predicted molar refractivity (Wildman–Crippen MR) is 151 cm³/mol. The van der Waals surface area contributed by atoms with Crippen LogP contribution in [0.2, 0.25) is 0 Å². The fourth-order valence-corrected chi connectivity index (χ4v) is 5.90. The van der Waals surface area contributed by atoms with E-state index in [1.807, 2.05) is 13.8 Å². The van der Waals surface area contributed by atoms with E-state index < -0.39 is 15.9 Å².